The molecule has 0 aliphatic rings. The van der Waals surface area contributed by atoms with Crippen molar-refractivity contribution in [2.24, 2.45) is 0 Å². The van der Waals surface area contributed by atoms with E-state index in [-0.39, 0.29) is 28.5 Å². The Morgan fingerprint density at radius 3 is 2.68 bits per heavy atom. The van der Waals surface area contributed by atoms with Crippen molar-refractivity contribution in [1.82, 2.24) is 24.3 Å². The van der Waals surface area contributed by atoms with Crippen LogP contribution in [0, 0.1) is 12.3 Å². The highest BCUT2D eigenvalue weighted by atomic mass is 16.1. The van der Waals surface area contributed by atoms with E-state index in [9.17, 15) is 9.59 Å². The van der Waals surface area contributed by atoms with Gasteiger partial charge in [-0.05, 0) is 42.3 Å². The zero-order valence-corrected chi connectivity index (χ0v) is 15.4. The van der Waals surface area contributed by atoms with Gasteiger partial charge < -0.3 is 9.88 Å². The minimum atomic E-state index is -0.427. The Hall–Kier alpha value is -3.81. The maximum Gasteiger partial charge on any atom is 0.267 e. The van der Waals surface area contributed by atoms with Gasteiger partial charge in [0, 0.05) is 25.6 Å². The number of aromatic nitrogens is 4. The highest BCUT2D eigenvalue weighted by Gasteiger charge is 2.17. The summed E-state index contributed by atoms with van der Waals surface area (Å²) in [5.74, 6) is -0.427. The van der Waals surface area contributed by atoms with Crippen LogP contribution in [-0.2, 0) is 6.54 Å². The third-order valence-corrected chi connectivity index (χ3v) is 4.70. The van der Waals surface area contributed by atoms with Gasteiger partial charge in [0.1, 0.15) is 16.8 Å². The molecule has 0 unspecified atom stereocenters. The Balaban J connectivity index is 2.14. The fraction of sp³-hybridized carbons (Fsp3) is 0.150. The summed E-state index contributed by atoms with van der Waals surface area (Å²) in [7, 11) is 1.49. The van der Waals surface area contributed by atoms with E-state index >= 15 is 0 Å². The summed E-state index contributed by atoms with van der Waals surface area (Å²) in [6.45, 7) is 2.17. The number of nitrogens with one attached hydrogen (secondary N) is 2. The van der Waals surface area contributed by atoms with E-state index in [0.717, 1.165) is 11.1 Å². The fourth-order valence-corrected chi connectivity index (χ4v) is 3.23. The van der Waals surface area contributed by atoms with E-state index in [4.69, 9.17) is 5.41 Å². The SMILES string of the molecule is CNC(=O)c1cc2c(=O)n3cccc(C)c3nc2n(Cc2ccncc2)c1=N. The van der Waals surface area contributed by atoms with Gasteiger partial charge in [-0.2, -0.15) is 0 Å². The van der Waals surface area contributed by atoms with Gasteiger partial charge in [-0.25, -0.2) is 4.98 Å². The first-order chi connectivity index (χ1) is 13.5. The summed E-state index contributed by atoms with van der Waals surface area (Å²) >= 11 is 0. The molecular formula is C20H18N6O2. The second-order valence-corrected chi connectivity index (χ2v) is 6.47. The number of rotatable bonds is 3. The Morgan fingerprint density at radius 2 is 1.96 bits per heavy atom. The van der Waals surface area contributed by atoms with Gasteiger partial charge in [0.05, 0.1) is 17.5 Å². The maximum absolute atomic E-state index is 13.1. The average molecular weight is 374 g/mol. The minimum Gasteiger partial charge on any atom is -0.355 e. The monoisotopic (exact) mass is 374 g/mol. The molecule has 2 N–H and O–H groups in total. The van der Waals surface area contributed by atoms with Crippen molar-refractivity contribution in [3.05, 3.63) is 81.5 Å². The summed E-state index contributed by atoms with van der Waals surface area (Å²) in [6, 6.07) is 8.75. The van der Waals surface area contributed by atoms with Gasteiger partial charge in [-0.15, -0.1) is 0 Å². The topological polar surface area (TPSA) is 105 Å². The number of hydrogen-bond acceptors (Lipinski definition) is 5. The van der Waals surface area contributed by atoms with Gasteiger partial charge in [0.25, 0.3) is 11.5 Å². The standard InChI is InChI=1S/C20H18N6O2/c1-12-4-3-9-25-17(12)24-18-15(20(25)28)10-14(19(27)22-2)16(21)26(18)11-13-5-7-23-8-6-13/h3-10,21H,11H2,1-2H3,(H,22,27). The zero-order valence-electron chi connectivity index (χ0n) is 15.4. The first-order valence-corrected chi connectivity index (χ1v) is 8.72. The molecule has 0 bridgehead atoms. The second kappa shape index (κ2) is 6.73. The van der Waals surface area contributed by atoms with Crippen molar-refractivity contribution in [2.75, 3.05) is 7.05 Å². The van der Waals surface area contributed by atoms with Gasteiger partial charge in [-0.3, -0.25) is 24.4 Å². The summed E-state index contributed by atoms with van der Waals surface area (Å²) in [5.41, 5.74) is 2.46. The number of pyridine rings is 3. The number of carbonyl (C=O) groups is 1. The lowest BCUT2D eigenvalue weighted by Gasteiger charge is -2.15. The molecule has 4 rings (SSSR count). The van der Waals surface area contributed by atoms with E-state index in [1.54, 1.807) is 29.2 Å². The van der Waals surface area contributed by atoms with Crippen molar-refractivity contribution < 1.29 is 4.79 Å². The molecule has 28 heavy (non-hydrogen) atoms. The van der Waals surface area contributed by atoms with Crippen LogP contribution < -0.4 is 16.4 Å². The minimum absolute atomic E-state index is 0.00602. The van der Waals surface area contributed by atoms with Gasteiger partial charge >= 0.3 is 0 Å². The van der Waals surface area contributed by atoms with Crippen LogP contribution in [0.2, 0.25) is 0 Å². The van der Waals surface area contributed by atoms with E-state index in [0.29, 0.717) is 11.3 Å². The lowest BCUT2D eigenvalue weighted by Crippen LogP contribution is -2.34. The van der Waals surface area contributed by atoms with Crippen molar-refractivity contribution in [2.45, 2.75) is 13.5 Å². The molecule has 0 fully saturated rings. The highest BCUT2D eigenvalue weighted by molar-refractivity contribution is 5.96. The summed E-state index contributed by atoms with van der Waals surface area (Å²) in [6.07, 6.45) is 4.97. The molecule has 0 spiro atoms. The van der Waals surface area contributed by atoms with Gasteiger partial charge in [-0.1, -0.05) is 6.07 Å². The van der Waals surface area contributed by atoms with Gasteiger partial charge in [0.2, 0.25) is 0 Å². The molecule has 1 amide bonds. The lowest BCUT2D eigenvalue weighted by molar-refractivity contribution is 0.0960. The average Bonchev–Trinajstić information content (AvgIpc) is 2.71. The molecule has 8 nitrogen and oxygen atoms in total. The van der Waals surface area contributed by atoms with Crippen molar-refractivity contribution in [3.63, 3.8) is 0 Å². The molecule has 0 aromatic carbocycles. The van der Waals surface area contributed by atoms with Crippen LogP contribution in [0.15, 0.2) is 53.7 Å². The third kappa shape index (κ3) is 2.75. The highest BCUT2D eigenvalue weighted by Crippen LogP contribution is 2.14. The van der Waals surface area contributed by atoms with Crippen LogP contribution in [0.5, 0.6) is 0 Å². The molecule has 0 saturated heterocycles. The maximum atomic E-state index is 13.1. The van der Waals surface area contributed by atoms with Crippen molar-refractivity contribution in [1.29, 1.82) is 5.41 Å². The predicted octanol–water partition coefficient (Wildman–Crippen LogP) is 1.24. The van der Waals surface area contributed by atoms with E-state index in [1.807, 2.05) is 25.1 Å². The number of carbonyl (C=O) groups excluding carboxylic acids is 1. The van der Waals surface area contributed by atoms with Crippen LogP contribution in [0.4, 0.5) is 0 Å². The fourth-order valence-electron chi connectivity index (χ4n) is 3.23. The number of aryl methyl sites for hydroxylation is 1. The Labute approximate surface area is 159 Å². The molecule has 0 aliphatic carbocycles. The normalized spacial score (nSPS) is 11.1. The number of fused-ring (bicyclic) bond motifs is 2. The van der Waals surface area contributed by atoms with Gasteiger partial charge in [0.15, 0.2) is 0 Å². The largest absolute Gasteiger partial charge is 0.355 e. The third-order valence-electron chi connectivity index (χ3n) is 4.70. The number of amides is 1. The van der Waals surface area contributed by atoms with Crippen LogP contribution in [0.3, 0.4) is 0 Å². The van der Waals surface area contributed by atoms with E-state index < -0.39 is 5.91 Å². The molecule has 0 atom stereocenters. The summed E-state index contributed by atoms with van der Waals surface area (Å²) in [4.78, 5) is 34.1. The molecule has 4 aromatic heterocycles. The zero-order chi connectivity index (χ0) is 19.8. The van der Waals surface area contributed by atoms with Crippen LogP contribution in [0.1, 0.15) is 21.5 Å². The van der Waals surface area contributed by atoms with Crippen LogP contribution in [-0.4, -0.2) is 31.9 Å². The molecule has 4 heterocycles. The van der Waals surface area contributed by atoms with Crippen molar-refractivity contribution >= 4 is 22.6 Å². The summed E-state index contributed by atoms with van der Waals surface area (Å²) in [5, 5.41) is 11.4. The molecule has 0 saturated carbocycles. The van der Waals surface area contributed by atoms with Crippen LogP contribution >= 0.6 is 0 Å². The molecular weight excluding hydrogens is 356 g/mol. The molecule has 0 aliphatic heterocycles. The van der Waals surface area contributed by atoms with E-state index in [1.165, 1.54) is 17.5 Å². The predicted molar refractivity (Wildman–Crippen MR) is 104 cm³/mol. The first kappa shape index (κ1) is 17.6. The first-order valence-electron chi connectivity index (χ1n) is 8.72. The Bertz CT molecular complexity index is 1340. The molecule has 140 valence electrons. The molecule has 8 heteroatoms. The summed E-state index contributed by atoms with van der Waals surface area (Å²) < 4.78 is 3.05. The smallest absolute Gasteiger partial charge is 0.267 e. The van der Waals surface area contributed by atoms with Crippen LogP contribution in [0.25, 0.3) is 16.7 Å². The quantitative estimate of drug-likeness (QED) is 0.526. The molecule has 4 aromatic rings. The second-order valence-electron chi connectivity index (χ2n) is 6.47. The number of hydrogen-bond donors (Lipinski definition) is 2. The Morgan fingerprint density at radius 1 is 1.21 bits per heavy atom. The lowest BCUT2D eigenvalue weighted by atomic mass is 10.1. The Kier molecular flexibility index (Phi) is 4.23. The number of nitrogens with zero attached hydrogens (tertiary/aromatic N) is 4. The molecule has 0 radical (unpaired) electrons. The van der Waals surface area contributed by atoms with E-state index in [2.05, 4.69) is 15.3 Å². The van der Waals surface area contributed by atoms with Crippen molar-refractivity contribution in [3.8, 4) is 0 Å².